The number of rotatable bonds is 2. The summed E-state index contributed by atoms with van der Waals surface area (Å²) in [4.78, 5) is 0. The standard InChI is InChI=1S/C44H27ClOS/c45-39-22-11-21-38(42(39)27-24-25-31-30-14-3-10-23-40(30)47-41(31)26-27)44(46)36-19-8-6-17-34(36)43(35-18-7-9-20-37(35)44)32-15-4-1-12-28(32)29-13-2-5-16-33(29)43/h1-26,46H. The molecule has 0 saturated carbocycles. The molecule has 1 nitrogen and oxygen atoms in total. The summed E-state index contributed by atoms with van der Waals surface area (Å²) in [7, 11) is 0. The van der Waals surface area contributed by atoms with E-state index in [9.17, 15) is 5.11 Å². The van der Waals surface area contributed by atoms with Crippen LogP contribution in [0.15, 0.2) is 158 Å². The van der Waals surface area contributed by atoms with E-state index in [-0.39, 0.29) is 0 Å². The van der Waals surface area contributed by atoms with E-state index in [0.717, 1.165) is 38.9 Å². The molecule has 7 aromatic carbocycles. The molecule has 0 atom stereocenters. The first-order valence-corrected chi connectivity index (χ1v) is 17.1. The van der Waals surface area contributed by atoms with Gasteiger partial charge in [-0.3, -0.25) is 0 Å². The van der Waals surface area contributed by atoms with Crippen LogP contribution in [-0.4, -0.2) is 5.11 Å². The van der Waals surface area contributed by atoms with Gasteiger partial charge in [-0.2, -0.15) is 0 Å². The zero-order valence-corrected chi connectivity index (χ0v) is 26.8. The molecule has 1 spiro atoms. The average molecular weight is 639 g/mol. The van der Waals surface area contributed by atoms with Crippen molar-refractivity contribution in [2.24, 2.45) is 0 Å². The molecule has 47 heavy (non-hydrogen) atoms. The highest BCUT2D eigenvalue weighted by Gasteiger charge is 2.56. The van der Waals surface area contributed by atoms with Gasteiger partial charge in [0, 0.05) is 36.3 Å². The maximum absolute atomic E-state index is 13.6. The maximum atomic E-state index is 13.6. The quantitative estimate of drug-likeness (QED) is 0.200. The molecule has 3 heteroatoms. The molecule has 0 bridgehead atoms. The van der Waals surface area contributed by atoms with E-state index in [2.05, 4.69) is 133 Å². The molecule has 1 heterocycles. The Morgan fingerprint density at radius 1 is 0.447 bits per heavy atom. The van der Waals surface area contributed by atoms with Crippen LogP contribution in [0.4, 0.5) is 0 Å². The van der Waals surface area contributed by atoms with Crippen LogP contribution >= 0.6 is 22.9 Å². The smallest absolute Gasteiger partial charge is 0.141 e. The molecule has 0 aliphatic heterocycles. The van der Waals surface area contributed by atoms with Crippen LogP contribution in [0.5, 0.6) is 0 Å². The molecule has 0 radical (unpaired) electrons. The van der Waals surface area contributed by atoms with E-state index in [1.807, 2.05) is 24.3 Å². The fourth-order valence-electron chi connectivity index (χ4n) is 8.65. The van der Waals surface area contributed by atoms with E-state index in [4.69, 9.17) is 11.6 Å². The third-order valence-electron chi connectivity index (χ3n) is 10.5. The van der Waals surface area contributed by atoms with Crippen molar-refractivity contribution in [3.8, 4) is 22.3 Å². The second-order valence-electron chi connectivity index (χ2n) is 12.6. The SMILES string of the molecule is OC1(c2cccc(Cl)c2-c2ccc3c(c2)sc2ccccc23)c2ccccc2C2(c3ccccc3-c3ccccc32)c2ccccc21. The first-order valence-electron chi connectivity index (χ1n) is 15.9. The lowest BCUT2D eigenvalue weighted by Gasteiger charge is -2.47. The lowest BCUT2D eigenvalue weighted by atomic mass is 9.56. The summed E-state index contributed by atoms with van der Waals surface area (Å²) in [6, 6.07) is 55.5. The van der Waals surface area contributed by atoms with E-state index in [0.29, 0.717) is 5.02 Å². The number of hydrogen-bond donors (Lipinski definition) is 1. The van der Waals surface area contributed by atoms with Gasteiger partial charge in [0.05, 0.1) is 5.41 Å². The molecule has 0 fully saturated rings. The molecule has 2 aliphatic carbocycles. The Morgan fingerprint density at radius 3 is 1.62 bits per heavy atom. The zero-order valence-electron chi connectivity index (χ0n) is 25.2. The predicted molar refractivity (Wildman–Crippen MR) is 196 cm³/mol. The molecule has 222 valence electrons. The number of thiophene rings is 1. The van der Waals surface area contributed by atoms with Crippen molar-refractivity contribution >= 4 is 43.1 Å². The predicted octanol–water partition coefficient (Wildman–Crippen LogP) is 11.3. The number of fused-ring (bicyclic) bond motifs is 12. The highest BCUT2D eigenvalue weighted by molar-refractivity contribution is 7.25. The van der Waals surface area contributed by atoms with Gasteiger partial charge in [0.15, 0.2) is 0 Å². The van der Waals surface area contributed by atoms with Crippen molar-refractivity contribution in [1.29, 1.82) is 0 Å². The highest BCUT2D eigenvalue weighted by atomic mass is 35.5. The van der Waals surface area contributed by atoms with Crippen LogP contribution in [-0.2, 0) is 11.0 Å². The van der Waals surface area contributed by atoms with Crippen LogP contribution in [0.1, 0.15) is 38.9 Å². The van der Waals surface area contributed by atoms with Crippen molar-refractivity contribution < 1.29 is 5.11 Å². The summed E-state index contributed by atoms with van der Waals surface area (Å²) in [5.41, 5.74) is 9.43. The normalized spacial score (nSPS) is 14.9. The minimum Gasteiger partial charge on any atom is -0.376 e. The molecular weight excluding hydrogens is 612 g/mol. The topological polar surface area (TPSA) is 20.2 Å². The van der Waals surface area contributed by atoms with Crippen LogP contribution in [0.25, 0.3) is 42.4 Å². The van der Waals surface area contributed by atoms with Crippen LogP contribution in [0, 0.1) is 0 Å². The van der Waals surface area contributed by atoms with Gasteiger partial charge in [-0.1, -0.05) is 151 Å². The molecule has 1 N–H and O–H groups in total. The second-order valence-corrected chi connectivity index (χ2v) is 14.1. The number of hydrogen-bond acceptors (Lipinski definition) is 2. The van der Waals surface area contributed by atoms with Crippen molar-refractivity contribution in [1.82, 2.24) is 0 Å². The van der Waals surface area contributed by atoms with E-state index >= 15 is 0 Å². The fraction of sp³-hybridized carbons (Fsp3) is 0.0455. The summed E-state index contributed by atoms with van der Waals surface area (Å²) in [5.74, 6) is 0. The lowest BCUT2D eigenvalue weighted by molar-refractivity contribution is 0.119. The van der Waals surface area contributed by atoms with Gasteiger partial charge >= 0.3 is 0 Å². The minimum absolute atomic E-state index is 0.582. The first-order chi connectivity index (χ1) is 23.1. The second kappa shape index (κ2) is 9.76. The Bertz CT molecular complexity index is 2480. The number of halogens is 1. The molecule has 0 unspecified atom stereocenters. The Balaban J connectivity index is 1.30. The van der Waals surface area contributed by atoms with Gasteiger partial charge in [-0.15, -0.1) is 11.3 Å². The first kappa shape index (κ1) is 27.2. The Kier molecular flexibility index (Phi) is 5.64. The summed E-state index contributed by atoms with van der Waals surface area (Å²) < 4.78 is 2.46. The molecule has 8 aromatic rings. The van der Waals surface area contributed by atoms with Gasteiger partial charge < -0.3 is 5.11 Å². The van der Waals surface area contributed by atoms with Gasteiger partial charge in [0.25, 0.3) is 0 Å². The van der Waals surface area contributed by atoms with E-state index < -0.39 is 11.0 Å². The highest BCUT2D eigenvalue weighted by Crippen LogP contribution is 2.63. The minimum atomic E-state index is -1.47. The van der Waals surface area contributed by atoms with Crippen LogP contribution in [0.2, 0.25) is 5.02 Å². The van der Waals surface area contributed by atoms with E-state index in [1.54, 1.807) is 11.3 Å². The van der Waals surface area contributed by atoms with Crippen molar-refractivity contribution in [3.63, 3.8) is 0 Å². The summed E-state index contributed by atoms with van der Waals surface area (Å²) in [6.45, 7) is 0. The van der Waals surface area contributed by atoms with E-state index in [1.165, 1.54) is 42.4 Å². The Labute approximate surface area is 282 Å². The van der Waals surface area contributed by atoms with Crippen LogP contribution < -0.4 is 0 Å². The lowest BCUT2D eigenvalue weighted by Crippen LogP contribution is -2.44. The monoisotopic (exact) mass is 638 g/mol. The van der Waals surface area contributed by atoms with Crippen molar-refractivity contribution in [2.75, 3.05) is 0 Å². The number of aliphatic hydroxyl groups is 1. The average Bonchev–Trinajstić information content (AvgIpc) is 3.64. The van der Waals surface area contributed by atoms with Gasteiger partial charge in [0.1, 0.15) is 5.60 Å². The fourth-order valence-corrected chi connectivity index (χ4v) is 10.1. The number of benzene rings is 7. The van der Waals surface area contributed by atoms with Gasteiger partial charge in [-0.25, -0.2) is 0 Å². The van der Waals surface area contributed by atoms with Crippen molar-refractivity contribution in [3.05, 3.63) is 202 Å². The van der Waals surface area contributed by atoms with Crippen LogP contribution in [0.3, 0.4) is 0 Å². The molecule has 1 aromatic heterocycles. The summed E-state index contributed by atoms with van der Waals surface area (Å²) in [6.07, 6.45) is 0. The third kappa shape index (κ3) is 3.42. The maximum Gasteiger partial charge on any atom is 0.141 e. The zero-order chi connectivity index (χ0) is 31.3. The van der Waals surface area contributed by atoms with Gasteiger partial charge in [-0.05, 0) is 68.3 Å². The van der Waals surface area contributed by atoms with Gasteiger partial charge in [0.2, 0.25) is 0 Å². The van der Waals surface area contributed by atoms with Crippen molar-refractivity contribution in [2.45, 2.75) is 11.0 Å². The molecule has 0 amide bonds. The molecular formula is C44H27ClOS. The molecule has 2 aliphatic rings. The third-order valence-corrected chi connectivity index (χ3v) is 11.9. The largest absolute Gasteiger partial charge is 0.376 e. The Hall–Kier alpha value is -4.99. The summed E-state index contributed by atoms with van der Waals surface area (Å²) >= 11 is 8.96. The summed E-state index contributed by atoms with van der Waals surface area (Å²) in [5, 5.41) is 16.7. The molecule has 0 saturated heterocycles. The molecule has 10 rings (SSSR count). The Morgan fingerprint density at radius 2 is 0.957 bits per heavy atom.